The number of nitrogens with zero attached hydrogens (tertiary/aromatic N) is 3. The lowest BCUT2D eigenvalue weighted by Crippen LogP contribution is -2.24. The zero-order valence-electron chi connectivity index (χ0n) is 8.07. The Morgan fingerprint density at radius 3 is 2.64 bits per heavy atom. The predicted octanol–water partition coefficient (Wildman–Crippen LogP) is 1.85. The van der Waals surface area contributed by atoms with E-state index in [-0.39, 0.29) is 0 Å². The average molecular weight is 210 g/mol. The third kappa shape index (κ3) is 2.11. The van der Waals surface area contributed by atoms with Crippen molar-refractivity contribution < 1.29 is 0 Å². The van der Waals surface area contributed by atoms with Crippen LogP contribution in [0.4, 0.5) is 0 Å². The first-order chi connectivity index (χ1) is 6.75. The van der Waals surface area contributed by atoms with Crippen LogP contribution in [0.5, 0.6) is 0 Å². The topological polar surface area (TPSA) is 29.0 Å². The van der Waals surface area contributed by atoms with Crippen molar-refractivity contribution >= 4 is 17.2 Å². The first-order valence-electron chi connectivity index (χ1n) is 4.61. The first-order valence-corrected chi connectivity index (χ1v) is 4.99. The highest BCUT2D eigenvalue weighted by molar-refractivity contribution is 6.30. The fourth-order valence-corrected chi connectivity index (χ4v) is 1.55. The minimum Gasteiger partial charge on any atom is -0.302 e. The van der Waals surface area contributed by atoms with Crippen LogP contribution in [0.3, 0.4) is 0 Å². The quantitative estimate of drug-likeness (QED) is 0.707. The monoisotopic (exact) mass is 209 g/mol. The largest absolute Gasteiger partial charge is 0.302 e. The molecule has 0 fully saturated rings. The molecule has 74 valence electrons. The number of likely N-dealkylation sites (N-methyl/N-ethyl adjacent to an activating group) is 1. The van der Waals surface area contributed by atoms with Crippen molar-refractivity contribution in [1.82, 2.24) is 14.9 Å². The normalized spacial score (nSPS) is 18.0. The van der Waals surface area contributed by atoms with Crippen molar-refractivity contribution in [3.8, 4) is 0 Å². The molecule has 0 saturated heterocycles. The Hall–Kier alpha value is -0.930. The van der Waals surface area contributed by atoms with Crippen molar-refractivity contribution in [1.29, 1.82) is 0 Å². The maximum Gasteiger partial charge on any atom is 0.154 e. The zero-order valence-corrected chi connectivity index (χ0v) is 8.83. The number of halogens is 1. The van der Waals surface area contributed by atoms with Crippen LogP contribution in [-0.4, -0.2) is 35.0 Å². The maximum atomic E-state index is 5.72. The fraction of sp³-hybridized carbons (Fsp3) is 0.400. The van der Waals surface area contributed by atoms with Gasteiger partial charge in [-0.1, -0.05) is 17.7 Å². The summed E-state index contributed by atoms with van der Waals surface area (Å²) in [5.74, 6) is 0.808. The van der Waals surface area contributed by atoms with Crippen LogP contribution in [0.25, 0.3) is 5.57 Å². The highest BCUT2D eigenvalue weighted by Gasteiger charge is 2.11. The lowest BCUT2D eigenvalue weighted by Gasteiger charge is -2.20. The van der Waals surface area contributed by atoms with E-state index in [0.717, 1.165) is 25.3 Å². The molecule has 4 heteroatoms. The summed E-state index contributed by atoms with van der Waals surface area (Å²) in [5.41, 5.74) is 1.22. The van der Waals surface area contributed by atoms with Crippen LogP contribution >= 0.6 is 11.6 Å². The van der Waals surface area contributed by atoms with Crippen LogP contribution < -0.4 is 0 Å². The Bertz CT molecular complexity index is 345. The van der Waals surface area contributed by atoms with E-state index in [9.17, 15) is 0 Å². The average Bonchev–Trinajstić information content (AvgIpc) is 2.21. The van der Waals surface area contributed by atoms with E-state index in [1.807, 2.05) is 0 Å². The number of hydrogen-bond acceptors (Lipinski definition) is 3. The molecule has 0 amide bonds. The third-order valence-electron chi connectivity index (χ3n) is 2.32. The molecule has 1 aromatic heterocycles. The molecular weight excluding hydrogens is 198 g/mol. The molecule has 1 aromatic rings. The number of rotatable bonds is 1. The Labute approximate surface area is 88.4 Å². The number of aromatic nitrogens is 2. The second-order valence-electron chi connectivity index (χ2n) is 3.47. The predicted molar refractivity (Wildman–Crippen MR) is 57.1 cm³/mol. The molecule has 0 spiro atoms. The molecule has 3 nitrogen and oxygen atoms in total. The summed E-state index contributed by atoms with van der Waals surface area (Å²) in [5, 5.41) is 0.585. The van der Waals surface area contributed by atoms with Crippen molar-refractivity contribution in [2.45, 2.75) is 6.42 Å². The van der Waals surface area contributed by atoms with Gasteiger partial charge in [-0.15, -0.1) is 0 Å². The summed E-state index contributed by atoms with van der Waals surface area (Å²) in [6, 6.07) is 0. The van der Waals surface area contributed by atoms with Crippen LogP contribution in [0.1, 0.15) is 12.2 Å². The lowest BCUT2D eigenvalue weighted by molar-refractivity contribution is 0.369. The SMILES string of the molecule is CN1CC=C(c2ncc(Cl)cn2)CC1. The van der Waals surface area contributed by atoms with Gasteiger partial charge in [0.1, 0.15) is 0 Å². The maximum absolute atomic E-state index is 5.72. The molecule has 2 heterocycles. The van der Waals surface area contributed by atoms with Crippen molar-refractivity contribution in [2.75, 3.05) is 20.1 Å². The summed E-state index contributed by atoms with van der Waals surface area (Å²) < 4.78 is 0. The Balaban J connectivity index is 2.19. The molecule has 2 rings (SSSR count). The van der Waals surface area contributed by atoms with E-state index >= 15 is 0 Å². The second-order valence-corrected chi connectivity index (χ2v) is 3.90. The smallest absolute Gasteiger partial charge is 0.154 e. The Morgan fingerprint density at radius 2 is 2.07 bits per heavy atom. The van der Waals surface area contributed by atoms with E-state index in [4.69, 9.17) is 11.6 Å². The Morgan fingerprint density at radius 1 is 1.36 bits per heavy atom. The summed E-state index contributed by atoms with van der Waals surface area (Å²) >= 11 is 5.72. The van der Waals surface area contributed by atoms with Crippen LogP contribution in [0.15, 0.2) is 18.5 Å². The van der Waals surface area contributed by atoms with Gasteiger partial charge in [-0.3, -0.25) is 0 Å². The zero-order chi connectivity index (χ0) is 9.97. The first kappa shape index (κ1) is 9.62. The molecule has 0 aliphatic carbocycles. The van der Waals surface area contributed by atoms with Gasteiger partial charge in [0, 0.05) is 25.5 Å². The molecule has 14 heavy (non-hydrogen) atoms. The van der Waals surface area contributed by atoms with Gasteiger partial charge in [0.15, 0.2) is 5.82 Å². The molecular formula is C10H12ClN3. The second kappa shape index (κ2) is 4.07. The summed E-state index contributed by atoms with van der Waals surface area (Å²) in [6.45, 7) is 2.04. The lowest BCUT2D eigenvalue weighted by atomic mass is 10.1. The summed E-state index contributed by atoms with van der Waals surface area (Å²) in [6.07, 6.45) is 6.47. The van der Waals surface area contributed by atoms with E-state index in [1.54, 1.807) is 12.4 Å². The van der Waals surface area contributed by atoms with Gasteiger partial charge in [0.05, 0.1) is 5.02 Å². The molecule has 0 saturated carbocycles. The van der Waals surface area contributed by atoms with Gasteiger partial charge in [-0.2, -0.15) is 0 Å². The fourth-order valence-electron chi connectivity index (χ4n) is 1.45. The molecule has 1 aliphatic rings. The third-order valence-corrected chi connectivity index (χ3v) is 2.51. The van der Waals surface area contributed by atoms with Crippen molar-refractivity contribution in [2.24, 2.45) is 0 Å². The van der Waals surface area contributed by atoms with Gasteiger partial charge in [0.25, 0.3) is 0 Å². The van der Waals surface area contributed by atoms with Gasteiger partial charge < -0.3 is 4.90 Å². The van der Waals surface area contributed by atoms with Gasteiger partial charge >= 0.3 is 0 Å². The molecule has 0 atom stereocenters. The molecule has 0 unspecified atom stereocenters. The summed E-state index contributed by atoms with van der Waals surface area (Å²) in [4.78, 5) is 10.7. The van der Waals surface area contributed by atoms with E-state index in [1.165, 1.54) is 5.57 Å². The van der Waals surface area contributed by atoms with E-state index in [2.05, 4.69) is 28.0 Å². The van der Waals surface area contributed by atoms with Crippen molar-refractivity contribution in [3.63, 3.8) is 0 Å². The van der Waals surface area contributed by atoms with Gasteiger partial charge in [-0.05, 0) is 19.0 Å². The minimum atomic E-state index is 0.585. The van der Waals surface area contributed by atoms with E-state index < -0.39 is 0 Å². The molecule has 0 bridgehead atoms. The van der Waals surface area contributed by atoms with Crippen LogP contribution in [0.2, 0.25) is 5.02 Å². The molecule has 0 radical (unpaired) electrons. The standard InChI is InChI=1S/C10H12ClN3/c1-14-4-2-8(3-5-14)10-12-6-9(11)7-13-10/h2,6-7H,3-5H2,1H3. The minimum absolute atomic E-state index is 0.585. The molecule has 1 aliphatic heterocycles. The van der Waals surface area contributed by atoms with Crippen LogP contribution in [0, 0.1) is 0 Å². The van der Waals surface area contributed by atoms with Crippen LogP contribution in [-0.2, 0) is 0 Å². The van der Waals surface area contributed by atoms with E-state index in [0.29, 0.717) is 5.02 Å². The molecule has 0 N–H and O–H groups in total. The number of hydrogen-bond donors (Lipinski definition) is 0. The van der Waals surface area contributed by atoms with Crippen molar-refractivity contribution in [3.05, 3.63) is 29.3 Å². The Kier molecular flexibility index (Phi) is 2.79. The van der Waals surface area contributed by atoms with Gasteiger partial charge in [-0.25, -0.2) is 9.97 Å². The summed E-state index contributed by atoms with van der Waals surface area (Å²) in [7, 11) is 2.11. The molecule has 0 aromatic carbocycles. The highest BCUT2D eigenvalue weighted by atomic mass is 35.5. The highest BCUT2D eigenvalue weighted by Crippen LogP contribution is 2.18. The van der Waals surface area contributed by atoms with Gasteiger partial charge in [0.2, 0.25) is 0 Å².